The summed E-state index contributed by atoms with van der Waals surface area (Å²) >= 11 is 0. The molecule has 0 bridgehead atoms. The molecule has 2 aliphatic carbocycles. The molecule has 0 aliphatic heterocycles. The van der Waals surface area contributed by atoms with Crippen LogP contribution in [0.5, 0.6) is 0 Å². The average molecular weight is 225 g/mol. The van der Waals surface area contributed by atoms with Gasteiger partial charge >= 0.3 is 0 Å². The van der Waals surface area contributed by atoms with Crippen molar-refractivity contribution in [1.29, 1.82) is 0 Å². The van der Waals surface area contributed by atoms with Crippen molar-refractivity contribution in [2.75, 3.05) is 13.7 Å². The summed E-state index contributed by atoms with van der Waals surface area (Å²) in [4.78, 5) is 0. The van der Waals surface area contributed by atoms with Crippen LogP contribution >= 0.6 is 0 Å². The third kappa shape index (κ3) is 3.74. The second-order valence-corrected chi connectivity index (χ2v) is 5.62. The number of nitrogens with one attached hydrogen (secondary N) is 1. The third-order valence-electron chi connectivity index (χ3n) is 3.99. The molecule has 2 aliphatic rings. The van der Waals surface area contributed by atoms with E-state index in [4.69, 9.17) is 4.74 Å². The lowest BCUT2D eigenvalue weighted by Gasteiger charge is -2.27. The standard InChI is InChI=1S/C14H27NO/c1-3-10-15-13(9-6-11-4-5-11)14(16-2)12-7-8-12/h11-15H,3-10H2,1-2H3. The summed E-state index contributed by atoms with van der Waals surface area (Å²) < 4.78 is 5.72. The molecule has 2 saturated carbocycles. The molecule has 16 heavy (non-hydrogen) atoms. The molecule has 94 valence electrons. The Balaban J connectivity index is 1.77. The second-order valence-electron chi connectivity index (χ2n) is 5.62. The van der Waals surface area contributed by atoms with Gasteiger partial charge in [-0.25, -0.2) is 0 Å². The van der Waals surface area contributed by atoms with Crippen molar-refractivity contribution in [2.45, 2.75) is 64.0 Å². The zero-order chi connectivity index (χ0) is 11.4. The molecule has 0 heterocycles. The highest BCUT2D eigenvalue weighted by Gasteiger charge is 2.37. The maximum atomic E-state index is 5.72. The van der Waals surface area contributed by atoms with E-state index in [-0.39, 0.29) is 0 Å². The van der Waals surface area contributed by atoms with E-state index in [1.54, 1.807) is 0 Å². The van der Waals surface area contributed by atoms with Crippen molar-refractivity contribution in [2.24, 2.45) is 11.8 Å². The number of methoxy groups -OCH3 is 1. The van der Waals surface area contributed by atoms with Crippen LogP contribution in [0, 0.1) is 11.8 Å². The first-order chi connectivity index (χ1) is 7.85. The van der Waals surface area contributed by atoms with Crippen molar-refractivity contribution in [3.8, 4) is 0 Å². The Morgan fingerprint density at radius 2 is 2.00 bits per heavy atom. The molecule has 2 rings (SSSR count). The van der Waals surface area contributed by atoms with E-state index in [2.05, 4.69) is 12.2 Å². The van der Waals surface area contributed by atoms with E-state index in [1.807, 2.05) is 7.11 Å². The smallest absolute Gasteiger partial charge is 0.0752 e. The minimum Gasteiger partial charge on any atom is -0.380 e. The quantitative estimate of drug-likeness (QED) is 0.651. The van der Waals surface area contributed by atoms with Gasteiger partial charge in [-0.15, -0.1) is 0 Å². The van der Waals surface area contributed by atoms with Crippen molar-refractivity contribution >= 4 is 0 Å². The largest absolute Gasteiger partial charge is 0.380 e. The lowest BCUT2D eigenvalue weighted by Crippen LogP contribution is -2.42. The molecule has 2 nitrogen and oxygen atoms in total. The molecule has 0 saturated heterocycles. The van der Waals surface area contributed by atoms with Gasteiger partial charge in [0, 0.05) is 13.2 Å². The van der Waals surface area contributed by atoms with E-state index in [9.17, 15) is 0 Å². The monoisotopic (exact) mass is 225 g/mol. The lowest BCUT2D eigenvalue weighted by atomic mass is 9.99. The molecule has 2 unspecified atom stereocenters. The summed E-state index contributed by atoms with van der Waals surface area (Å²) in [6.45, 7) is 3.38. The Morgan fingerprint density at radius 3 is 2.50 bits per heavy atom. The summed E-state index contributed by atoms with van der Waals surface area (Å²) in [5.74, 6) is 1.89. The highest BCUT2D eigenvalue weighted by atomic mass is 16.5. The van der Waals surface area contributed by atoms with Crippen LogP contribution in [0.2, 0.25) is 0 Å². The molecule has 0 spiro atoms. The van der Waals surface area contributed by atoms with Crippen molar-refractivity contribution in [3.05, 3.63) is 0 Å². The molecule has 2 heteroatoms. The maximum Gasteiger partial charge on any atom is 0.0752 e. The van der Waals surface area contributed by atoms with Crippen molar-refractivity contribution in [1.82, 2.24) is 5.32 Å². The molecule has 1 N–H and O–H groups in total. The minimum atomic E-state index is 0.477. The Labute approximate surface area is 100 Å². The Kier molecular flexibility index (Phi) is 4.66. The summed E-state index contributed by atoms with van der Waals surface area (Å²) in [5, 5.41) is 3.70. The van der Waals surface area contributed by atoms with Crippen molar-refractivity contribution < 1.29 is 4.74 Å². The van der Waals surface area contributed by atoms with Gasteiger partial charge in [0.15, 0.2) is 0 Å². The molecule has 0 aromatic carbocycles. The van der Waals surface area contributed by atoms with Crippen LogP contribution in [0.1, 0.15) is 51.9 Å². The molecular formula is C14H27NO. The van der Waals surface area contributed by atoms with Crippen LogP contribution in [-0.2, 0) is 4.74 Å². The molecular weight excluding hydrogens is 198 g/mol. The fourth-order valence-corrected chi connectivity index (χ4v) is 2.64. The minimum absolute atomic E-state index is 0.477. The Bertz CT molecular complexity index is 199. The van der Waals surface area contributed by atoms with Crippen molar-refractivity contribution in [3.63, 3.8) is 0 Å². The second kappa shape index (κ2) is 6.02. The fraction of sp³-hybridized carbons (Fsp3) is 1.00. The normalized spacial score (nSPS) is 24.4. The van der Waals surface area contributed by atoms with Crippen LogP contribution in [0.4, 0.5) is 0 Å². The van der Waals surface area contributed by atoms with E-state index < -0.39 is 0 Å². The van der Waals surface area contributed by atoms with E-state index in [0.717, 1.165) is 18.4 Å². The molecule has 0 radical (unpaired) electrons. The Morgan fingerprint density at radius 1 is 1.25 bits per heavy atom. The molecule has 2 atom stereocenters. The van der Waals surface area contributed by atoms with Crippen LogP contribution < -0.4 is 5.32 Å². The molecule has 0 aromatic rings. The van der Waals surface area contributed by atoms with Gasteiger partial charge < -0.3 is 10.1 Å². The third-order valence-corrected chi connectivity index (χ3v) is 3.99. The van der Waals surface area contributed by atoms with Gasteiger partial charge in [-0.3, -0.25) is 0 Å². The van der Waals surface area contributed by atoms with Crippen LogP contribution in [0.25, 0.3) is 0 Å². The molecule has 2 fully saturated rings. The highest BCUT2D eigenvalue weighted by molar-refractivity contribution is 4.91. The molecule has 0 amide bonds. The predicted molar refractivity (Wildman–Crippen MR) is 67.6 cm³/mol. The first-order valence-corrected chi connectivity index (χ1v) is 7.11. The van der Waals surface area contributed by atoms with Gasteiger partial charge in [-0.05, 0) is 50.5 Å². The zero-order valence-electron chi connectivity index (χ0n) is 10.9. The van der Waals surface area contributed by atoms with E-state index in [0.29, 0.717) is 12.1 Å². The van der Waals surface area contributed by atoms with E-state index >= 15 is 0 Å². The summed E-state index contributed by atoms with van der Waals surface area (Å²) in [6.07, 6.45) is 10.1. The summed E-state index contributed by atoms with van der Waals surface area (Å²) in [5.41, 5.74) is 0. The topological polar surface area (TPSA) is 21.3 Å². The first-order valence-electron chi connectivity index (χ1n) is 7.11. The highest BCUT2D eigenvalue weighted by Crippen LogP contribution is 2.38. The van der Waals surface area contributed by atoms with Gasteiger partial charge in [0.1, 0.15) is 0 Å². The lowest BCUT2D eigenvalue weighted by molar-refractivity contribution is 0.0473. The number of ether oxygens (including phenoxy) is 1. The van der Waals surface area contributed by atoms with Crippen LogP contribution in [-0.4, -0.2) is 25.8 Å². The number of rotatable bonds is 9. The number of hydrogen-bond acceptors (Lipinski definition) is 2. The Hall–Kier alpha value is -0.0800. The SMILES string of the molecule is CCCNC(CCC1CC1)C(OC)C1CC1. The first kappa shape index (κ1) is 12.4. The van der Waals surface area contributed by atoms with Gasteiger partial charge in [0.05, 0.1) is 6.10 Å². The molecule has 0 aromatic heterocycles. The average Bonchev–Trinajstić information content (AvgIpc) is 3.15. The predicted octanol–water partition coefficient (Wildman–Crippen LogP) is 2.97. The fourth-order valence-electron chi connectivity index (χ4n) is 2.64. The van der Waals surface area contributed by atoms with Gasteiger partial charge in [-0.1, -0.05) is 19.8 Å². The van der Waals surface area contributed by atoms with Crippen LogP contribution in [0.15, 0.2) is 0 Å². The van der Waals surface area contributed by atoms with Crippen LogP contribution in [0.3, 0.4) is 0 Å². The summed E-state index contributed by atoms with van der Waals surface area (Å²) in [6, 6.07) is 0.609. The summed E-state index contributed by atoms with van der Waals surface area (Å²) in [7, 11) is 1.89. The van der Waals surface area contributed by atoms with Gasteiger partial charge in [0.25, 0.3) is 0 Å². The maximum absolute atomic E-state index is 5.72. The van der Waals surface area contributed by atoms with Gasteiger partial charge in [0.2, 0.25) is 0 Å². The van der Waals surface area contributed by atoms with Gasteiger partial charge in [-0.2, -0.15) is 0 Å². The zero-order valence-corrected chi connectivity index (χ0v) is 10.9. The number of hydrogen-bond donors (Lipinski definition) is 1. The van der Waals surface area contributed by atoms with E-state index in [1.165, 1.54) is 44.9 Å².